The SMILES string of the molecule is CC(C)(C)c1cc(N2C=CN(c3ccccc3)[CH-]2)c(O)c(C(C)(C)C)c1.[Ir].[c-]1ccccc1-c1ccccn1. The average Bonchev–Trinajstić information content (AvgIpc) is 3.40. The van der Waals surface area contributed by atoms with Crippen molar-refractivity contribution in [1.82, 2.24) is 4.98 Å². The van der Waals surface area contributed by atoms with E-state index in [1.807, 2.05) is 84.6 Å². The van der Waals surface area contributed by atoms with E-state index in [2.05, 4.69) is 81.8 Å². The Balaban J connectivity index is 0.000000270. The van der Waals surface area contributed by atoms with Gasteiger partial charge in [-0.05, 0) is 58.8 Å². The number of pyridine rings is 1. The molecule has 1 radical (unpaired) electrons. The number of nitrogens with zero attached hydrogens (tertiary/aromatic N) is 3. The number of anilines is 2. The third-order valence-corrected chi connectivity index (χ3v) is 6.38. The van der Waals surface area contributed by atoms with Gasteiger partial charge < -0.3 is 19.9 Å². The molecule has 0 unspecified atom stereocenters. The molecule has 0 saturated heterocycles. The fourth-order valence-electron chi connectivity index (χ4n) is 4.15. The van der Waals surface area contributed by atoms with Crippen molar-refractivity contribution in [2.45, 2.75) is 52.4 Å². The third-order valence-electron chi connectivity index (χ3n) is 6.38. The minimum Gasteiger partial charge on any atom is -0.506 e. The van der Waals surface area contributed by atoms with Crippen molar-refractivity contribution in [2.24, 2.45) is 0 Å². The summed E-state index contributed by atoms with van der Waals surface area (Å²) in [6.45, 7) is 15.0. The summed E-state index contributed by atoms with van der Waals surface area (Å²) >= 11 is 0. The van der Waals surface area contributed by atoms with Gasteiger partial charge in [-0.2, -0.15) is 0 Å². The number of rotatable bonds is 3. The summed E-state index contributed by atoms with van der Waals surface area (Å²) < 4.78 is 0. The second kappa shape index (κ2) is 12.6. The molecule has 0 atom stereocenters. The summed E-state index contributed by atoms with van der Waals surface area (Å²) in [7, 11) is 0. The van der Waals surface area contributed by atoms with E-state index in [0.717, 1.165) is 28.2 Å². The molecule has 1 aliphatic rings. The van der Waals surface area contributed by atoms with E-state index in [9.17, 15) is 5.11 Å². The predicted molar refractivity (Wildman–Crippen MR) is 159 cm³/mol. The molecule has 5 rings (SSSR count). The zero-order valence-electron chi connectivity index (χ0n) is 23.5. The van der Waals surface area contributed by atoms with E-state index in [4.69, 9.17) is 0 Å². The van der Waals surface area contributed by atoms with Crippen LogP contribution in [0.1, 0.15) is 52.7 Å². The molecule has 1 aromatic heterocycles. The monoisotopic (exact) mass is 696 g/mol. The van der Waals surface area contributed by atoms with Crippen LogP contribution in [0.3, 0.4) is 0 Å². The van der Waals surface area contributed by atoms with Crippen molar-refractivity contribution >= 4 is 11.4 Å². The topological polar surface area (TPSA) is 39.6 Å². The molecule has 1 N–H and O–H groups in total. The van der Waals surface area contributed by atoms with Crippen LogP contribution in [0.25, 0.3) is 11.3 Å². The number of benzene rings is 3. The minimum atomic E-state index is -0.136. The van der Waals surface area contributed by atoms with Gasteiger partial charge in [-0.25, -0.2) is 0 Å². The molecule has 0 amide bonds. The Bertz CT molecular complexity index is 1320. The Morgan fingerprint density at radius 3 is 2.03 bits per heavy atom. The van der Waals surface area contributed by atoms with Gasteiger partial charge in [0.05, 0.1) is 5.69 Å². The summed E-state index contributed by atoms with van der Waals surface area (Å²) in [4.78, 5) is 8.27. The van der Waals surface area contributed by atoms with Gasteiger partial charge >= 0.3 is 0 Å². The Morgan fingerprint density at radius 2 is 1.44 bits per heavy atom. The number of aromatic nitrogens is 1. The molecule has 0 saturated carbocycles. The van der Waals surface area contributed by atoms with Gasteiger partial charge in [0.2, 0.25) is 0 Å². The molecule has 0 fully saturated rings. The van der Waals surface area contributed by atoms with Gasteiger partial charge in [-0.15, -0.1) is 42.6 Å². The minimum absolute atomic E-state index is 0. The van der Waals surface area contributed by atoms with Gasteiger partial charge in [-0.1, -0.05) is 77.9 Å². The summed E-state index contributed by atoms with van der Waals surface area (Å²) in [6, 6.07) is 31.2. The van der Waals surface area contributed by atoms with Crippen LogP contribution >= 0.6 is 0 Å². The van der Waals surface area contributed by atoms with E-state index < -0.39 is 0 Å². The van der Waals surface area contributed by atoms with Crippen molar-refractivity contribution in [3.05, 3.63) is 127 Å². The Hall–Kier alpha value is -3.40. The molecular formula is C34H37IrN3O-2. The van der Waals surface area contributed by atoms with Crippen molar-refractivity contribution in [1.29, 1.82) is 0 Å². The maximum Gasteiger partial charge on any atom is 0.140 e. The van der Waals surface area contributed by atoms with Crippen LogP contribution in [0.5, 0.6) is 5.75 Å². The number of para-hydroxylation sites is 1. The maximum absolute atomic E-state index is 11.0. The summed E-state index contributed by atoms with van der Waals surface area (Å²) in [5.41, 5.74) is 5.98. The van der Waals surface area contributed by atoms with Crippen molar-refractivity contribution < 1.29 is 25.2 Å². The van der Waals surface area contributed by atoms with Crippen molar-refractivity contribution in [3.8, 4) is 17.0 Å². The van der Waals surface area contributed by atoms with Gasteiger partial charge in [-0.3, -0.25) is 0 Å². The fraction of sp³-hybridized carbons (Fsp3) is 0.235. The van der Waals surface area contributed by atoms with E-state index in [-0.39, 0.29) is 30.9 Å². The van der Waals surface area contributed by atoms with Gasteiger partial charge in [0.15, 0.2) is 0 Å². The number of phenolic OH excluding ortho intramolecular Hbond substituents is 1. The molecule has 5 heteroatoms. The zero-order chi connectivity index (χ0) is 27.3. The molecule has 0 bridgehead atoms. The van der Waals surface area contributed by atoms with Crippen molar-refractivity contribution in [2.75, 3.05) is 9.80 Å². The number of hydrogen-bond donors (Lipinski definition) is 1. The molecule has 205 valence electrons. The van der Waals surface area contributed by atoms with E-state index >= 15 is 0 Å². The third kappa shape index (κ3) is 7.59. The predicted octanol–water partition coefficient (Wildman–Crippen LogP) is 8.45. The molecule has 0 spiro atoms. The van der Waals surface area contributed by atoms with Crippen LogP contribution in [0.15, 0.2) is 104 Å². The molecular weight excluding hydrogens is 659 g/mol. The molecule has 4 nitrogen and oxygen atoms in total. The van der Waals surface area contributed by atoms with Crippen LogP contribution in [0, 0.1) is 12.7 Å². The van der Waals surface area contributed by atoms with Gasteiger partial charge in [0.25, 0.3) is 0 Å². The largest absolute Gasteiger partial charge is 0.506 e. The molecule has 39 heavy (non-hydrogen) atoms. The summed E-state index contributed by atoms with van der Waals surface area (Å²) in [5.74, 6) is 0.348. The average molecular weight is 696 g/mol. The van der Waals surface area contributed by atoms with Crippen LogP contribution in [0.2, 0.25) is 0 Å². The first-order valence-electron chi connectivity index (χ1n) is 13.0. The van der Waals surface area contributed by atoms with E-state index in [1.165, 1.54) is 5.56 Å². The van der Waals surface area contributed by atoms with Gasteiger partial charge in [0.1, 0.15) is 5.75 Å². The first kappa shape index (κ1) is 30.1. The fourth-order valence-corrected chi connectivity index (χ4v) is 4.15. The summed E-state index contributed by atoms with van der Waals surface area (Å²) in [5, 5.41) is 11.0. The molecule has 2 heterocycles. The second-order valence-corrected chi connectivity index (χ2v) is 11.4. The Morgan fingerprint density at radius 1 is 0.769 bits per heavy atom. The van der Waals surface area contributed by atoms with E-state index in [1.54, 1.807) is 6.20 Å². The first-order valence-corrected chi connectivity index (χ1v) is 13.0. The van der Waals surface area contributed by atoms with Crippen LogP contribution < -0.4 is 9.80 Å². The molecule has 1 aliphatic heterocycles. The van der Waals surface area contributed by atoms with Crippen LogP contribution in [0.4, 0.5) is 11.4 Å². The molecule has 0 aliphatic carbocycles. The maximum atomic E-state index is 11.0. The number of phenols is 1. The Labute approximate surface area is 247 Å². The quantitative estimate of drug-likeness (QED) is 0.219. The molecule has 3 aromatic carbocycles. The smallest absolute Gasteiger partial charge is 0.140 e. The number of aromatic hydroxyl groups is 1. The zero-order valence-corrected chi connectivity index (χ0v) is 25.9. The van der Waals surface area contributed by atoms with E-state index in [0.29, 0.717) is 5.75 Å². The normalized spacial score (nSPS) is 13.0. The van der Waals surface area contributed by atoms with Crippen molar-refractivity contribution in [3.63, 3.8) is 0 Å². The Kier molecular flexibility index (Phi) is 9.77. The summed E-state index contributed by atoms with van der Waals surface area (Å²) in [6.07, 6.45) is 5.78. The van der Waals surface area contributed by atoms with Crippen LogP contribution in [-0.4, -0.2) is 10.1 Å². The molecule has 4 aromatic rings. The van der Waals surface area contributed by atoms with Crippen LogP contribution in [-0.2, 0) is 30.9 Å². The number of hydrogen-bond acceptors (Lipinski definition) is 4. The second-order valence-electron chi connectivity index (χ2n) is 11.4. The standard InChI is InChI=1S/C23H29N2O.C11H8N.Ir/c1-22(2,3)17-14-19(23(4,5)6)21(26)20(15-17)25-13-12-24(16-25)18-10-8-7-9-11-18;1-2-6-10(7-3-1)11-8-4-5-9-12-11;/h7-16,26H,1-6H3;1-6,8-9H;/q2*-1;. The van der Waals surface area contributed by atoms with Gasteiger partial charge in [0, 0.05) is 37.6 Å². The first-order chi connectivity index (χ1) is 18.0.